The summed E-state index contributed by atoms with van der Waals surface area (Å²) in [6.07, 6.45) is 1.97. The highest BCUT2D eigenvalue weighted by Gasteiger charge is 2.40. The molecule has 2 aliphatic rings. The van der Waals surface area contributed by atoms with Crippen molar-refractivity contribution in [3.8, 4) is 0 Å². The molecule has 0 spiro atoms. The van der Waals surface area contributed by atoms with Crippen molar-refractivity contribution in [3.63, 3.8) is 0 Å². The van der Waals surface area contributed by atoms with Gasteiger partial charge in [0.2, 0.25) is 17.7 Å². The van der Waals surface area contributed by atoms with Crippen LogP contribution in [0.2, 0.25) is 0 Å². The molecule has 0 radical (unpaired) electrons. The molecule has 26 heavy (non-hydrogen) atoms. The van der Waals surface area contributed by atoms with Crippen LogP contribution in [-0.2, 0) is 19.2 Å². The number of aliphatic hydroxyl groups excluding tert-OH is 1. The molecule has 4 atom stereocenters. The van der Waals surface area contributed by atoms with Crippen molar-refractivity contribution >= 4 is 23.7 Å². The van der Waals surface area contributed by atoms with Crippen molar-refractivity contribution in [2.75, 3.05) is 19.7 Å². The van der Waals surface area contributed by atoms with E-state index in [0.29, 0.717) is 32.2 Å². The maximum Gasteiger partial charge on any atom is 0.326 e. The van der Waals surface area contributed by atoms with Crippen LogP contribution in [-0.4, -0.2) is 87.6 Å². The van der Waals surface area contributed by atoms with Crippen LogP contribution in [0.3, 0.4) is 0 Å². The van der Waals surface area contributed by atoms with Crippen LogP contribution in [0.15, 0.2) is 0 Å². The van der Waals surface area contributed by atoms with Gasteiger partial charge in [-0.1, -0.05) is 0 Å². The van der Waals surface area contributed by atoms with Crippen LogP contribution >= 0.6 is 0 Å². The van der Waals surface area contributed by atoms with Crippen molar-refractivity contribution in [1.29, 1.82) is 0 Å². The van der Waals surface area contributed by atoms with Crippen LogP contribution in [0.1, 0.15) is 32.6 Å². The number of amides is 3. The monoisotopic (exact) mass is 370 g/mol. The Morgan fingerprint density at radius 3 is 2.12 bits per heavy atom. The molecule has 5 N–H and O–H groups in total. The van der Waals surface area contributed by atoms with Crippen molar-refractivity contribution in [2.24, 2.45) is 5.73 Å². The van der Waals surface area contributed by atoms with Crippen LogP contribution < -0.4 is 11.1 Å². The van der Waals surface area contributed by atoms with E-state index in [1.54, 1.807) is 0 Å². The number of aliphatic carboxylic acids is 1. The molecular formula is C16H26N4O6. The van der Waals surface area contributed by atoms with Gasteiger partial charge in [0.05, 0.1) is 12.6 Å². The first-order valence-electron chi connectivity index (χ1n) is 8.78. The van der Waals surface area contributed by atoms with Gasteiger partial charge in [0, 0.05) is 13.1 Å². The molecule has 10 heteroatoms. The Morgan fingerprint density at radius 1 is 1.08 bits per heavy atom. The van der Waals surface area contributed by atoms with E-state index in [2.05, 4.69) is 5.32 Å². The van der Waals surface area contributed by atoms with Crippen molar-refractivity contribution < 1.29 is 29.4 Å². The summed E-state index contributed by atoms with van der Waals surface area (Å²) in [6, 6.07) is -3.67. The Labute approximate surface area is 151 Å². The smallest absolute Gasteiger partial charge is 0.326 e. The Bertz CT molecular complexity index is 581. The van der Waals surface area contributed by atoms with Crippen LogP contribution in [0, 0.1) is 0 Å². The van der Waals surface area contributed by atoms with Crippen molar-refractivity contribution in [1.82, 2.24) is 15.1 Å². The Morgan fingerprint density at radius 2 is 1.62 bits per heavy atom. The molecule has 0 aromatic rings. The zero-order valence-corrected chi connectivity index (χ0v) is 14.8. The van der Waals surface area contributed by atoms with Gasteiger partial charge < -0.3 is 31.1 Å². The van der Waals surface area contributed by atoms with E-state index in [0.717, 1.165) is 0 Å². The van der Waals surface area contributed by atoms with Gasteiger partial charge in [-0.05, 0) is 32.6 Å². The predicted molar refractivity (Wildman–Crippen MR) is 89.8 cm³/mol. The number of nitrogens with zero attached hydrogens (tertiary/aromatic N) is 2. The predicted octanol–water partition coefficient (Wildman–Crippen LogP) is -2.12. The van der Waals surface area contributed by atoms with Gasteiger partial charge in [-0.25, -0.2) is 4.79 Å². The van der Waals surface area contributed by atoms with Gasteiger partial charge in [0.25, 0.3) is 0 Å². The van der Waals surface area contributed by atoms with Gasteiger partial charge in [-0.3, -0.25) is 14.4 Å². The van der Waals surface area contributed by atoms with Crippen LogP contribution in [0.4, 0.5) is 0 Å². The first-order valence-corrected chi connectivity index (χ1v) is 8.78. The lowest BCUT2D eigenvalue weighted by atomic mass is 10.1. The topological polar surface area (TPSA) is 153 Å². The molecule has 0 aliphatic carbocycles. The summed E-state index contributed by atoms with van der Waals surface area (Å²) in [5, 5.41) is 21.2. The molecule has 3 amide bonds. The van der Waals surface area contributed by atoms with E-state index in [1.807, 2.05) is 0 Å². The molecule has 0 saturated carbocycles. The highest BCUT2D eigenvalue weighted by atomic mass is 16.4. The quantitative estimate of drug-likeness (QED) is 0.417. The number of nitrogens with one attached hydrogen (secondary N) is 1. The second kappa shape index (κ2) is 8.45. The summed E-state index contributed by atoms with van der Waals surface area (Å²) in [7, 11) is 0. The normalized spacial score (nSPS) is 25.0. The summed E-state index contributed by atoms with van der Waals surface area (Å²) < 4.78 is 0. The molecule has 4 unspecified atom stereocenters. The van der Waals surface area contributed by atoms with Crippen LogP contribution in [0.5, 0.6) is 0 Å². The molecule has 0 bridgehead atoms. The number of likely N-dealkylation sites (tertiary alicyclic amines) is 2. The number of carbonyl (C=O) groups excluding carboxylic acids is 3. The third kappa shape index (κ3) is 4.13. The molecule has 2 aliphatic heterocycles. The molecule has 0 aromatic heterocycles. The summed E-state index contributed by atoms with van der Waals surface area (Å²) in [5.41, 5.74) is 5.60. The van der Waals surface area contributed by atoms with Gasteiger partial charge in [0.15, 0.2) is 0 Å². The molecule has 2 fully saturated rings. The summed E-state index contributed by atoms with van der Waals surface area (Å²) in [6.45, 7) is 1.56. The fourth-order valence-corrected chi connectivity index (χ4v) is 3.51. The highest BCUT2D eigenvalue weighted by molar-refractivity contribution is 5.94. The minimum Gasteiger partial charge on any atom is -0.480 e. The lowest BCUT2D eigenvalue weighted by Gasteiger charge is -2.29. The average molecular weight is 370 g/mol. The number of hydrogen-bond donors (Lipinski definition) is 4. The minimum absolute atomic E-state index is 0.265. The maximum atomic E-state index is 12.6. The number of hydrogen-bond acceptors (Lipinski definition) is 6. The largest absolute Gasteiger partial charge is 0.480 e. The number of carboxylic acids is 1. The zero-order valence-electron chi connectivity index (χ0n) is 14.8. The minimum atomic E-state index is -1.24. The maximum absolute atomic E-state index is 12.6. The number of aliphatic hydroxyl groups is 1. The van der Waals surface area contributed by atoms with Gasteiger partial charge in [-0.15, -0.1) is 0 Å². The van der Waals surface area contributed by atoms with Crippen molar-refractivity contribution in [3.05, 3.63) is 0 Å². The van der Waals surface area contributed by atoms with E-state index >= 15 is 0 Å². The highest BCUT2D eigenvalue weighted by Crippen LogP contribution is 2.20. The SMILES string of the molecule is CC(N)C(=O)N1CCCC1C(=O)NC(CO)C(=O)N1CCCC1C(=O)O. The Hall–Kier alpha value is -2.20. The standard InChI is InChI=1S/C16H26N4O6/c1-9(17)14(23)19-6-2-4-11(19)13(22)18-10(8-21)15(24)20-7-3-5-12(20)16(25)26/h9-12,21H,2-8,17H2,1H3,(H,18,22)(H,25,26). The number of carbonyl (C=O) groups is 4. The number of rotatable bonds is 6. The van der Waals surface area contributed by atoms with E-state index in [-0.39, 0.29) is 12.5 Å². The summed E-state index contributed by atoms with van der Waals surface area (Å²) in [4.78, 5) is 51.0. The third-order valence-electron chi connectivity index (χ3n) is 4.85. The third-order valence-corrected chi connectivity index (χ3v) is 4.85. The van der Waals surface area contributed by atoms with Crippen molar-refractivity contribution in [2.45, 2.75) is 56.8 Å². The summed E-state index contributed by atoms with van der Waals surface area (Å²) >= 11 is 0. The van der Waals surface area contributed by atoms with Gasteiger partial charge >= 0.3 is 5.97 Å². The first-order chi connectivity index (χ1) is 12.3. The summed E-state index contributed by atoms with van der Waals surface area (Å²) in [5.74, 6) is -2.63. The fraction of sp³-hybridized carbons (Fsp3) is 0.750. The number of carboxylic acid groups (broad SMARTS) is 1. The molecule has 10 nitrogen and oxygen atoms in total. The second-order valence-electron chi connectivity index (χ2n) is 6.75. The van der Waals surface area contributed by atoms with E-state index in [9.17, 15) is 29.4 Å². The van der Waals surface area contributed by atoms with E-state index in [4.69, 9.17) is 5.73 Å². The number of nitrogens with two attached hydrogens (primary N) is 1. The molecule has 2 saturated heterocycles. The fourth-order valence-electron chi connectivity index (χ4n) is 3.51. The van der Waals surface area contributed by atoms with E-state index in [1.165, 1.54) is 16.7 Å². The second-order valence-corrected chi connectivity index (χ2v) is 6.75. The zero-order chi connectivity index (χ0) is 19.4. The lowest BCUT2D eigenvalue weighted by molar-refractivity contribution is -0.150. The molecule has 0 aromatic carbocycles. The lowest BCUT2D eigenvalue weighted by Crippen LogP contribution is -2.57. The van der Waals surface area contributed by atoms with Gasteiger partial charge in [-0.2, -0.15) is 0 Å². The average Bonchev–Trinajstić information content (AvgIpc) is 3.26. The van der Waals surface area contributed by atoms with E-state index < -0.39 is 48.6 Å². The Balaban J connectivity index is 2.04. The molecular weight excluding hydrogens is 344 g/mol. The molecule has 2 rings (SSSR count). The molecule has 2 heterocycles. The first kappa shape index (κ1) is 20.1. The van der Waals surface area contributed by atoms with Crippen LogP contribution in [0.25, 0.3) is 0 Å². The van der Waals surface area contributed by atoms with Gasteiger partial charge in [0.1, 0.15) is 18.1 Å². The molecule has 146 valence electrons. The Kier molecular flexibility index (Phi) is 6.54.